The molecule has 1 amide bonds. The number of carbonyl (C=O) groups excluding carboxylic acids is 1. The van der Waals surface area contributed by atoms with Crippen LogP contribution < -0.4 is 10.1 Å². The standard InChI is InChI=1S/C25H19N5O4/c31-25-23(22-13-20(30(32)33)9-10-24(22)26-25)12-18-7-4-8-21(11-18)34-16-19-15-29(28-27-19)14-17-5-2-1-3-6-17/h1-13,15H,14,16H2,(H,26,31)/b23-12+. The average molecular weight is 453 g/mol. The van der Waals surface area contributed by atoms with Gasteiger partial charge in [0.25, 0.3) is 11.6 Å². The molecule has 0 saturated heterocycles. The molecular formula is C25H19N5O4. The van der Waals surface area contributed by atoms with E-state index in [4.69, 9.17) is 4.74 Å². The number of nitrogens with zero attached hydrogens (tertiary/aromatic N) is 4. The predicted octanol–water partition coefficient (Wildman–Crippen LogP) is 4.31. The first-order valence-electron chi connectivity index (χ1n) is 10.5. The Kier molecular flexibility index (Phi) is 5.57. The Morgan fingerprint density at radius 2 is 1.91 bits per heavy atom. The number of hydrogen-bond acceptors (Lipinski definition) is 6. The van der Waals surface area contributed by atoms with Gasteiger partial charge in [-0.2, -0.15) is 0 Å². The highest BCUT2D eigenvalue weighted by Gasteiger charge is 2.26. The highest BCUT2D eigenvalue weighted by atomic mass is 16.6. The van der Waals surface area contributed by atoms with Gasteiger partial charge in [0.2, 0.25) is 0 Å². The average Bonchev–Trinajstić information content (AvgIpc) is 3.42. The molecule has 0 atom stereocenters. The first-order chi connectivity index (χ1) is 16.5. The Labute approximate surface area is 194 Å². The summed E-state index contributed by atoms with van der Waals surface area (Å²) in [6.45, 7) is 0.864. The van der Waals surface area contributed by atoms with Crippen molar-refractivity contribution in [3.05, 3.63) is 111 Å². The number of aromatic nitrogens is 3. The maximum absolute atomic E-state index is 12.4. The van der Waals surface area contributed by atoms with Crippen LogP contribution in [0.25, 0.3) is 11.6 Å². The molecule has 0 saturated carbocycles. The van der Waals surface area contributed by atoms with Gasteiger partial charge in [-0.3, -0.25) is 14.9 Å². The highest BCUT2D eigenvalue weighted by molar-refractivity contribution is 6.35. The number of non-ortho nitro benzene ring substituents is 1. The molecule has 2 heterocycles. The van der Waals surface area contributed by atoms with Crippen molar-refractivity contribution in [3.8, 4) is 5.75 Å². The summed E-state index contributed by atoms with van der Waals surface area (Å²) >= 11 is 0. The van der Waals surface area contributed by atoms with Gasteiger partial charge in [0.05, 0.1) is 17.7 Å². The number of ether oxygens (including phenoxy) is 1. The zero-order valence-corrected chi connectivity index (χ0v) is 17.9. The van der Waals surface area contributed by atoms with Crippen LogP contribution in [-0.4, -0.2) is 25.8 Å². The number of carbonyl (C=O) groups is 1. The van der Waals surface area contributed by atoms with Gasteiger partial charge in [0.1, 0.15) is 18.1 Å². The van der Waals surface area contributed by atoms with Crippen LogP contribution in [0.1, 0.15) is 22.4 Å². The summed E-state index contributed by atoms with van der Waals surface area (Å²) in [6.07, 6.45) is 3.53. The number of benzene rings is 3. The van der Waals surface area contributed by atoms with Crippen LogP contribution in [0.4, 0.5) is 11.4 Å². The van der Waals surface area contributed by atoms with Crippen molar-refractivity contribution < 1.29 is 14.5 Å². The molecule has 1 aliphatic rings. The maximum Gasteiger partial charge on any atom is 0.270 e. The lowest BCUT2D eigenvalue weighted by atomic mass is 10.0. The zero-order valence-electron chi connectivity index (χ0n) is 17.9. The van der Waals surface area contributed by atoms with Gasteiger partial charge in [-0.15, -0.1) is 5.10 Å². The first kappa shape index (κ1) is 21.1. The van der Waals surface area contributed by atoms with E-state index >= 15 is 0 Å². The zero-order chi connectivity index (χ0) is 23.5. The van der Waals surface area contributed by atoms with Crippen LogP contribution in [-0.2, 0) is 17.9 Å². The van der Waals surface area contributed by atoms with Crippen LogP contribution in [0.5, 0.6) is 5.75 Å². The summed E-state index contributed by atoms with van der Waals surface area (Å²) in [4.78, 5) is 23.1. The Morgan fingerprint density at radius 1 is 1.06 bits per heavy atom. The third-order valence-electron chi connectivity index (χ3n) is 5.33. The molecule has 5 rings (SSSR count). The molecule has 1 aliphatic heterocycles. The van der Waals surface area contributed by atoms with Crippen LogP contribution in [0, 0.1) is 10.1 Å². The van der Waals surface area contributed by atoms with Crippen molar-refractivity contribution in [3.63, 3.8) is 0 Å². The molecule has 0 radical (unpaired) electrons. The van der Waals surface area contributed by atoms with E-state index in [0.29, 0.717) is 34.8 Å². The maximum atomic E-state index is 12.4. The molecule has 34 heavy (non-hydrogen) atoms. The second kappa shape index (κ2) is 8.99. The van der Waals surface area contributed by atoms with E-state index in [-0.39, 0.29) is 18.2 Å². The van der Waals surface area contributed by atoms with Crippen molar-refractivity contribution >= 4 is 28.9 Å². The van der Waals surface area contributed by atoms with E-state index in [1.807, 2.05) is 54.7 Å². The van der Waals surface area contributed by atoms with Crippen LogP contribution in [0.3, 0.4) is 0 Å². The molecule has 0 aliphatic carbocycles. The largest absolute Gasteiger partial charge is 0.487 e. The van der Waals surface area contributed by atoms with Gasteiger partial charge >= 0.3 is 0 Å². The molecular weight excluding hydrogens is 434 g/mol. The number of anilines is 1. The molecule has 9 nitrogen and oxygen atoms in total. The van der Waals surface area contributed by atoms with Crippen LogP contribution in [0.15, 0.2) is 79.0 Å². The van der Waals surface area contributed by atoms with Crippen LogP contribution >= 0.6 is 0 Å². The van der Waals surface area contributed by atoms with Crippen molar-refractivity contribution in [1.29, 1.82) is 0 Å². The van der Waals surface area contributed by atoms with Gasteiger partial charge in [-0.25, -0.2) is 4.68 Å². The summed E-state index contributed by atoms with van der Waals surface area (Å²) < 4.78 is 7.63. The minimum absolute atomic E-state index is 0.0708. The molecule has 1 N–H and O–H groups in total. The Hall–Kier alpha value is -4.79. The van der Waals surface area contributed by atoms with Gasteiger partial charge in [0.15, 0.2) is 0 Å². The van der Waals surface area contributed by atoms with Gasteiger partial charge < -0.3 is 10.1 Å². The third-order valence-corrected chi connectivity index (χ3v) is 5.33. The van der Waals surface area contributed by atoms with Crippen molar-refractivity contribution in [1.82, 2.24) is 15.0 Å². The summed E-state index contributed by atoms with van der Waals surface area (Å²) in [5, 5.41) is 22.2. The van der Waals surface area contributed by atoms with Crippen molar-refractivity contribution in [2.45, 2.75) is 13.2 Å². The normalized spacial score (nSPS) is 13.5. The second-order valence-electron chi connectivity index (χ2n) is 7.75. The molecule has 0 bridgehead atoms. The number of nitro groups is 1. The summed E-state index contributed by atoms with van der Waals surface area (Å²) in [5.41, 5.74) is 3.89. The van der Waals surface area contributed by atoms with Gasteiger partial charge in [0, 0.05) is 29.0 Å². The SMILES string of the molecule is O=C1Nc2ccc([N+](=O)[O-])cc2/C1=C\c1cccc(OCc2cn(Cc3ccccc3)nn2)c1. The fraction of sp³-hybridized carbons (Fsp3) is 0.0800. The third kappa shape index (κ3) is 4.53. The molecule has 0 unspecified atom stereocenters. The molecule has 0 spiro atoms. The lowest BCUT2D eigenvalue weighted by Gasteiger charge is -2.05. The summed E-state index contributed by atoms with van der Waals surface area (Å²) in [5.74, 6) is 0.293. The number of amides is 1. The summed E-state index contributed by atoms with van der Waals surface area (Å²) in [6, 6.07) is 21.5. The van der Waals surface area contributed by atoms with E-state index in [1.165, 1.54) is 18.2 Å². The van der Waals surface area contributed by atoms with E-state index in [2.05, 4.69) is 15.6 Å². The number of fused-ring (bicyclic) bond motifs is 1. The molecule has 9 heteroatoms. The fourth-order valence-electron chi connectivity index (χ4n) is 3.70. The fourth-order valence-corrected chi connectivity index (χ4v) is 3.70. The van der Waals surface area contributed by atoms with E-state index in [9.17, 15) is 14.9 Å². The van der Waals surface area contributed by atoms with Gasteiger partial charge in [-0.1, -0.05) is 47.7 Å². The van der Waals surface area contributed by atoms with E-state index in [0.717, 1.165) is 11.1 Å². The topological polar surface area (TPSA) is 112 Å². The highest BCUT2D eigenvalue weighted by Crippen LogP contribution is 2.35. The molecule has 0 fully saturated rings. The first-order valence-corrected chi connectivity index (χ1v) is 10.5. The Balaban J connectivity index is 1.30. The van der Waals surface area contributed by atoms with Crippen molar-refractivity contribution in [2.75, 3.05) is 5.32 Å². The number of nitro benzene ring substituents is 1. The number of rotatable bonds is 7. The number of hydrogen-bond donors (Lipinski definition) is 1. The number of nitrogens with one attached hydrogen (secondary N) is 1. The minimum Gasteiger partial charge on any atom is -0.487 e. The predicted molar refractivity (Wildman–Crippen MR) is 126 cm³/mol. The van der Waals surface area contributed by atoms with Crippen LogP contribution in [0.2, 0.25) is 0 Å². The van der Waals surface area contributed by atoms with Gasteiger partial charge in [-0.05, 0) is 35.4 Å². The molecule has 168 valence electrons. The smallest absolute Gasteiger partial charge is 0.270 e. The van der Waals surface area contributed by atoms with E-state index < -0.39 is 4.92 Å². The quantitative estimate of drug-likeness (QED) is 0.254. The molecule has 3 aromatic carbocycles. The minimum atomic E-state index is -0.481. The van der Waals surface area contributed by atoms with Crippen molar-refractivity contribution in [2.24, 2.45) is 0 Å². The lowest BCUT2D eigenvalue weighted by Crippen LogP contribution is -2.03. The Morgan fingerprint density at radius 3 is 2.74 bits per heavy atom. The Bertz CT molecular complexity index is 1410. The summed E-state index contributed by atoms with van der Waals surface area (Å²) in [7, 11) is 0. The second-order valence-corrected chi connectivity index (χ2v) is 7.75. The van der Waals surface area contributed by atoms with E-state index in [1.54, 1.807) is 16.8 Å². The molecule has 1 aromatic heterocycles. The lowest BCUT2D eigenvalue weighted by molar-refractivity contribution is -0.384. The monoisotopic (exact) mass is 453 g/mol. The molecule has 4 aromatic rings.